The monoisotopic (exact) mass is 387 g/mol. The first-order valence-electron chi connectivity index (χ1n) is 9.83. The number of morpholine rings is 1. The van der Waals surface area contributed by atoms with Gasteiger partial charge < -0.3 is 14.6 Å². The average Bonchev–Trinajstić information content (AvgIpc) is 3.42. The number of hydrogen-bond donors (Lipinski definition) is 1. The first-order valence-corrected chi connectivity index (χ1v) is 9.83. The van der Waals surface area contributed by atoms with Crippen LogP contribution in [-0.2, 0) is 4.74 Å². The molecule has 1 aliphatic heterocycles. The van der Waals surface area contributed by atoms with Crippen molar-refractivity contribution in [2.75, 3.05) is 31.2 Å². The van der Waals surface area contributed by atoms with Gasteiger partial charge in [-0.1, -0.05) is 19.1 Å². The summed E-state index contributed by atoms with van der Waals surface area (Å²) in [5.41, 5.74) is 4.24. The van der Waals surface area contributed by atoms with Gasteiger partial charge in [0.2, 0.25) is 5.95 Å². The Morgan fingerprint density at radius 1 is 1.24 bits per heavy atom. The van der Waals surface area contributed by atoms with Gasteiger partial charge in [-0.2, -0.15) is 10.2 Å². The van der Waals surface area contributed by atoms with Gasteiger partial charge in [0.05, 0.1) is 25.6 Å². The third-order valence-corrected chi connectivity index (χ3v) is 5.43. The lowest BCUT2D eigenvalue weighted by atomic mass is 10.1. The third-order valence-electron chi connectivity index (χ3n) is 5.43. The van der Waals surface area contributed by atoms with Crippen LogP contribution in [0.1, 0.15) is 19.4 Å². The van der Waals surface area contributed by atoms with Gasteiger partial charge in [0.25, 0.3) is 0 Å². The van der Waals surface area contributed by atoms with E-state index in [0.717, 1.165) is 35.2 Å². The maximum atomic E-state index is 9.60. The highest BCUT2D eigenvalue weighted by Crippen LogP contribution is 2.33. The largest absolute Gasteiger partial charge is 0.378 e. The van der Waals surface area contributed by atoms with E-state index in [1.807, 2.05) is 35.9 Å². The van der Waals surface area contributed by atoms with Gasteiger partial charge >= 0.3 is 0 Å². The normalized spacial score (nSPS) is 15.7. The van der Waals surface area contributed by atoms with Crippen molar-refractivity contribution in [3.05, 3.63) is 36.8 Å². The number of nitrogens with one attached hydrogen (secondary N) is 1. The molecule has 1 saturated heterocycles. The Morgan fingerprint density at radius 2 is 2.10 bits per heavy atom. The smallest absolute Gasteiger partial charge is 0.228 e. The molecular formula is C21H21N7O. The molecule has 1 aliphatic rings. The quantitative estimate of drug-likeness (QED) is 0.577. The zero-order chi connectivity index (χ0) is 19.8. The summed E-state index contributed by atoms with van der Waals surface area (Å²) in [4.78, 5) is 19.8. The number of benzene rings is 1. The molecule has 5 rings (SSSR count). The Bertz CT molecular complexity index is 1210. The van der Waals surface area contributed by atoms with Gasteiger partial charge in [-0.3, -0.25) is 4.57 Å². The van der Waals surface area contributed by atoms with Crippen LogP contribution < -0.4 is 4.90 Å². The van der Waals surface area contributed by atoms with Crippen molar-refractivity contribution < 1.29 is 4.74 Å². The topological polar surface area (TPSA) is 95.6 Å². The van der Waals surface area contributed by atoms with Crippen molar-refractivity contribution in [2.24, 2.45) is 0 Å². The number of rotatable bonds is 4. The van der Waals surface area contributed by atoms with E-state index in [1.165, 1.54) is 0 Å². The Kier molecular flexibility index (Phi) is 4.37. The number of anilines is 1. The van der Waals surface area contributed by atoms with Crippen LogP contribution in [0.15, 0.2) is 36.8 Å². The molecule has 146 valence electrons. The second-order valence-corrected chi connectivity index (χ2v) is 7.09. The number of fused-ring (bicyclic) bond motifs is 2. The Balaban J connectivity index is 1.78. The van der Waals surface area contributed by atoms with Crippen molar-refractivity contribution >= 4 is 28.0 Å². The fourth-order valence-electron chi connectivity index (χ4n) is 3.87. The fourth-order valence-corrected chi connectivity index (χ4v) is 3.87. The van der Waals surface area contributed by atoms with Crippen LogP contribution in [0.25, 0.3) is 33.3 Å². The Labute approximate surface area is 167 Å². The highest BCUT2D eigenvalue weighted by molar-refractivity contribution is 6.00. The minimum absolute atomic E-state index is 0.316. The summed E-state index contributed by atoms with van der Waals surface area (Å²) >= 11 is 0. The molecule has 29 heavy (non-hydrogen) atoms. The number of nitriles is 1. The molecule has 0 bridgehead atoms. The molecule has 4 heterocycles. The van der Waals surface area contributed by atoms with E-state index in [4.69, 9.17) is 14.7 Å². The molecule has 0 saturated carbocycles. The van der Waals surface area contributed by atoms with Gasteiger partial charge in [0.1, 0.15) is 17.3 Å². The fraction of sp³-hybridized carbons (Fsp3) is 0.333. The van der Waals surface area contributed by atoms with E-state index >= 15 is 0 Å². The van der Waals surface area contributed by atoms with Crippen molar-refractivity contribution in [1.29, 1.82) is 5.26 Å². The number of hydrogen-bond acceptors (Lipinski definition) is 6. The molecule has 1 unspecified atom stereocenters. The summed E-state index contributed by atoms with van der Waals surface area (Å²) < 4.78 is 7.35. The van der Waals surface area contributed by atoms with Crippen LogP contribution in [0.2, 0.25) is 0 Å². The average molecular weight is 387 g/mol. The number of H-pyrrole nitrogens is 1. The van der Waals surface area contributed by atoms with Crippen LogP contribution in [0, 0.1) is 11.3 Å². The van der Waals surface area contributed by atoms with Gasteiger partial charge in [0.15, 0.2) is 5.65 Å². The molecule has 0 spiro atoms. The predicted octanol–water partition coefficient (Wildman–Crippen LogP) is 3.29. The van der Waals surface area contributed by atoms with Crippen LogP contribution in [0.5, 0.6) is 0 Å². The minimum atomic E-state index is -0.316. The van der Waals surface area contributed by atoms with E-state index in [9.17, 15) is 5.26 Å². The van der Waals surface area contributed by atoms with Gasteiger partial charge in [-0.05, 0) is 18.6 Å². The SMILES string of the molecule is CCC(C#N)n1cnc2c(-c3cccc4[nH]ccc34)nc(N3CCOCC3)nc21. The third kappa shape index (κ3) is 2.91. The lowest BCUT2D eigenvalue weighted by Crippen LogP contribution is -2.37. The summed E-state index contributed by atoms with van der Waals surface area (Å²) in [6.45, 7) is 4.77. The molecule has 8 nitrogen and oxygen atoms in total. The highest BCUT2D eigenvalue weighted by Gasteiger charge is 2.23. The molecular weight excluding hydrogens is 366 g/mol. The van der Waals surface area contributed by atoms with Crippen LogP contribution >= 0.6 is 0 Å². The zero-order valence-electron chi connectivity index (χ0n) is 16.2. The van der Waals surface area contributed by atoms with E-state index in [0.29, 0.717) is 36.7 Å². The number of aromatic amines is 1. The molecule has 1 aromatic carbocycles. The minimum Gasteiger partial charge on any atom is -0.378 e. The summed E-state index contributed by atoms with van der Waals surface area (Å²) in [5, 5.41) is 10.7. The van der Waals surface area contributed by atoms with Crippen LogP contribution in [-0.4, -0.2) is 50.8 Å². The van der Waals surface area contributed by atoms with E-state index in [2.05, 4.69) is 27.0 Å². The van der Waals surface area contributed by atoms with Gasteiger partial charge in [-0.25, -0.2) is 9.97 Å². The summed E-state index contributed by atoms with van der Waals surface area (Å²) in [6.07, 6.45) is 4.32. The number of imidazole rings is 1. The van der Waals surface area contributed by atoms with Crippen molar-refractivity contribution in [3.8, 4) is 17.3 Å². The molecule has 0 aliphatic carbocycles. The molecule has 1 atom stereocenters. The lowest BCUT2D eigenvalue weighted by Gasteiger charge is -2.27. The first-order chi connectivity index (χ1) is 14.3. The Morgan fingerprint density at radius 3 is 2.90 bits per heavy atom. The zero-order valence-corrected chi connectivity index (χ0v) is 16.2. The predicted molar refractivity (Wildman–Crippen MR) is 111 cm³/mol. The van der Waals surface area contributed by atoms with E-state index < -0.39 is 0 Å². The maximum absolute atomic E-state index is 9.60. The first kappa shape index (κ1) is 17.6. The summed E-state index contributed by atoms with van der Waals surface area (Å²) in [7, 11) is 0. The number of aromatic nitrogens is 5. The summed E-state index contributed by atoms with van der Waals surface area (Å²) in [6, 6.07) is 10.2. The standard InChI is InChI=1S/C21H21N7O/c1-2-14(12-22)28-13-24-19-18(16-4-3-5-17-15(16)6-7-23-17)25-21(26-20(19)28)27-8-10-29-11-9-27/h3-7,13-14,23H,2,8-11H2,1H3. The molecule has 8 heteroatoms. The molecule has 1 fully saturated rings. The van der Waals surface area contributed by atoms with Gasteiger partial charge in [-0.15, -0.1) is 0 Å². The molecule has 4 aromatic rings. The molecule has 0 radical (unpaired) electrons. The lowest BCUT2D eigenvalue weighted by molar-refractivity contribution is 0.122. The maximum Gasteiger partial charge on any atom is 0.228 e. The number of ether oxygens (including phenoxy) is 1. The molecule has 3 aromatic heterocycles. The Hall–Kier alpha value is -3.44. The number of nitrogens with zero attached hydrogens (tertiary/aromatic N) is 6. The molecule has 1 N–H and O–H groups in total. The van der Waals surface area contributed by atoms with Crippen molar-refractivity contribution in [3.63, 3.8) is 0 Å². The molecule has 0 amide bonds. The second kappa shape index (κ2) is 7.18. The van der Waals surface area contributed by atoms with Gasteiger partial charge in [0, 0.05) is 35.8 Å². The van der Waals surface area contributed by atoms with Crippen molar-refractivity contribution in [2.45, 2.75) is 19.4 Å². The van der Waals surface area contributed by atoms with Crippen LogP contribution in [0.4, 0.5) is 5.95 Å². The van der Waals surface area contributed by atoms with E-state index in [1.54, 1.807) is 6.33 Å². The highest BCUT2D eigenvalue weighted by atomic mass is 16.5. The van der Waals surface area contributed by atoms with E-state index in [-0.39, 0.29) is 6.04 Å². The van der Waals surface area contributed by atoms with Crippen molar-refractivity contribution in [1.82, 2.24) is 24.5 Å². The summed E-state index contributed by atoms with van der Waals surface area (Å²) in [5.74, 6) is 0.651. The second-order valence-electron chi connectivity index (χ2n) is 7.09. The van der Waals surface area contributed by atoms with Crippen LogP contribution in [0.3, 0.4) is 0 Å².